The van der Waals surface area contributed by atoms with E-state index in [1.807, 2.05) is 25.1 Å². The number of oxazole rings is 1. The topological polar surface area (TPSA) is 78.1 Å². The monoisotopic (exact) mass is 233 g/mol. The summed E-state index contributed by atoms with van der Waals surface area (Å²) in [5.41, 5.74) is 14.5. The zero-order valence-electron chi connectivity index (χ0n) is 10.3. The lowest BCUT2D eigenvalue weighted by molar-refractivity contribution is 0.444. The van der Waals surface area contributed by atoms with Crippen molar-refractivity contribution in [3.05, 3.63) is 29.7 Å². The van der Waals surface area contributed by atoms with Crippen LogP contribution in [0.5, 0.6) is 0 Å². The molecule has 4 nitrogen and oxygen atoms in total. The molecule has 0 saturated carbocycles. The van der Waals surface area contributed by atoms with Crippen molar-refractivity contribution >= 4 is 11.1 Å². The molecule has 0 bridgehead atoms. The molecule has 92 valence electrons. The van der Waals surface area contributed by atoms with E-state index in [1.165, 1.54) is 0 Å². The van der Waals surface area contributed by atoms with Crippen molar-refractivity contribution in [2.24, 2.45) is 17.4 Å². The smallest absolute Gasteiger partial charge is 0.192 e. The van der Waals surface area contributed by atoms with Crippen molar-refractivity contribution in [1.29, 1.82) is 0 Å². The molecule has 1 heterocycles. The number of nitrogens with zero attached hydrogens (tertiary/aromatic N) is 1. The van der Waals surface area contributed by atoms with Gasteiger partial charge in [0.05, 0.1) is 0 Å². The number of nitrogens with two attached hydrogens (primary N) is 2. The van der Waals surface area contributed by atoms with Gasteiger partial charge in [-0.25, -0.2) is 4.98 Å². The lowest BCUT2D eigenvalue weighted by atomic mass is 9.92. The maximum Gasteiger partial charge on any atom is 0.192 e. The molecule has 17 heavy (non-hydrogen) atoms. The molecule has 2 aromatic rings. The summed E-state index contributed by atoms with van der Waals surface area (Å²) in [4.78, 5) is 4.31. The number of aromatic nitrogens is 1. The molecule has 0 radical (unpaired) electrons. The first-order chi connectivity index (χ1) is 8.11. The number of rotatable bonds is 4. The van der Waals surface area contributed by atoms with E-state index < -0.39 is 0 Å². The lowest BCUT2D eigenvalue weighted by Crippen LogP contribution is -2.21. The summed E-state index contributed by atoms with van der Waals surface area (Å²) >= 11 is 0. The Labute approximate surface area is 101 Å². The van der Waals surface area contributed by atoms with Crippen molar-refractivity contribution in [2.75, 3.05) is 6.54 Å². The number of hydrogen-bond acceptors (Lipinski definition) is 4. The van der Waals surface area contributed by atoms with Crippen molar-refractivity contribution in [3.8, 4) is 0 Å². The first-order valence-corrected chi connectivity index (χ1v) is 5.94. The van der Waals surface area contributed by atoms with E-state index in [0.717, 1.165) is 23.1 Å². The van der Waals surface area contributed by atoms with Crippen molar-refractivity contribution < 1.29 is 4.42 Å². The van der Waals surface area contributed by atoms with E-state index in [4.69, 9.17) is 15.9 Å². The highest BCUT2D eigenvalue weighted by Gasteiger charge is 2.15. The van der Waals surface area contributed by atoms with Crippen LogP contribution in [0.4, 0.5) is 0 Å². The maximum atomic E-state index is 6.21. The van der Waals surface area contributed by atoms with Crippen LogP contribution in [-0.4, -0.2) is 11.5 Å². The zero-order chi connectivity index (χ0) is 12.4. The first-order valence-electron chi connectivity index (χ1n) is 5.94. The second-order valence-electron chi connectivity index (χ2n) is 4.54. The van der Waals surface area contributed by atoms with Crippen LogP contribution in [0.15, 0.2) is 22.6 Å². The molecule has 0 aliphatic carbocycles. The van der Waals surface area contributed by atoms with Crippen LogP contribution in [0.1, 0.15) is 30.8 Å². The average molecular weight is 233 g/mol. The van der Waals surface area contributed by atoms with Crippen LogP contribution >= 0.6 is 0 Å². The van der Waals surface area contributed by atoms with Gasteiger partial charge in [0.2, 0.25) is 0 Å². The fourth-order valence-corrected chi connectivity index (χ4v) is 2.04. The third kappa shape index (κ3) is 2.48. The van der Waals surface area contributed by atoms with Crippen LogP contribution in [0.25, 0.3) is 11.1 Å². The Morgan fingerprint density at radius 2 is 2.18 bits per heavy atom. The summed E-state index contributed by atoms with van der Waals surface area (Å²) in [6.07, 6.45) is 0.928. The van der Waals surface area contributed by atoms with Gasteiger partial charge in [-0.1, -0.05) is 13.0 Å². The Bertz CT molecular complexity index is 506. The Balaban J connectivity index is 2.28. The first kappa shape index (κ1) is 12.1. The molecule has 0 saturated heterocycles. The van der Waals surface area contributed by atoms with Gasteiger partial charge < -0.3 is 15.9 Å². The quantitative estimate of drug-likeness (QED) is 0.847. The Morgan fingerprint density at radius 1 is 1.41 bits per heavy atom. The fraction of sp³-hybridized carbons (Fsp3) is 0.462. The fourth-order valence-electron chi connectivity index (χ4n) is 2.04. The Morgan fingerprint density at radius 3 is 2.88 bits per heavy atom. The van der Waals surface area contributed by atoms with Crippen molar-refractivity contribution in [2.45, 2.75) is 26.3 Å². The molecule has 1 aromatic heterocycles. The van der Waals surface area contributed by atoms with Gasteiger partial charge in [0.25, 0.3) is 0 Å². The summed E-state index contributed by atoms with van der Waals surface area (Å²) < 4.78 is 5.44. The molecule has 0 aliphatic heterocycles. The molecular formula is C13H19N3O. The van der Waals surface area contributed by atoms with E-state index in [2.05, 4.69) is 11.9 Å². The highest BCUT2D eigenvalue weighted by molar-refractivity contribution is 5.73. The van der Waals surface area contributed by atoms with E-state index >= 15 is 0 Å². The third-order valence-electron chi connectivity index (χ3n) is 3.14. The van der Waals surface area contributed by atoms with E-state index in [9.17, 15) is 0 Å². The normalized spacial score (nSPS) is 15.1. The van der Waals surface area contributed by atoms with Gasteiger partial charge >= 0.3 is 0 Å². The Kier molecular flexibility index (Phi) is 3.45. The van der Waals surface area contributed by atoms with E-state index in [0.29, 0.717) is 18.4 Å². The molecule has 0 fully saturated rings. The summed E-state index contributed by atoms with van der Waals surface area (Å²) in [5.74, 6) is 1.05. The highest BCUT2D eigenvalue weighted by Crippen LogP contribution is 2.25. The molecule has 0 amide bonds. The SMILES string of the molecule is Cc1nc2cc(C(N)C(C)CCN)ccc2o1. The van der Waals surface area contributed by atoms with Crippen LogP contribution in [-0.2, 0) is 0 Å². The van der Waals surface area contributed by atoms with Crippen LogP contribution < -0.4 is 11.5 Å². The Hall–Kier alpha value is -1.39. The minimum atomic E-state index is -0.0000406. The summed E-state index contributed by atoms with van der Waals surface area (Å²) in [5, 5.41) is 0. The molecular weight excluding hydrogens is 214 g/mol. The second kappa shape index (κ2) is 4.85. The van der Waals surface area contributed by atoms with Gasteiger partial charge in [-0.05, 0) is 36.6 Å². The molecule has 4 N–H and O–H groups in total. The lowest BCUT2D eigenvalue weighted by Gasteiger charge is -2.19. The molecule has 2 rings (SSSR count). The van der Waals surface area contributed by atoms with Gasteiger partial charge in [-0.15, -0.1) is 0 Å². The van der Waals surface area contributed by atoms with Crippen LogP contribution in [0.3, 0.4) is 0 Å². The summed E-state index contributed by atoms with van der Waals surface area (Å²) in [7, 11) is 0. The standard InChI is InChI=1S/C13H19N3O/c1-8(5-6-14)13(15)10-3-4-12-11(7-10)16-9(2)17-12/h3-4,7-8,13H,5-6,14-15H2,1-2H3. The van der Waals surface area contributed by atoms with Crippen molar-refractivity contribution in [1.82, 2.24) is 4.98 Å². The molecule has 2 unspecified atom stereocenters. The zero-order valence-corrected chi connectivity index (χ0v) is 10.3. The van der Waals surface area contributed by atoms with Gasteiger partial charge in [0.1, 0.15) is 5.52 Å². The van der Waals surface area contributed by atoms with E-state index in [1.54, 1.807) is 0 Å². The predicted molar refractivity (Wildman–Crippen MR) is 68.5 cm³/mol. The summed E-state index contributed by atoms with van der Waals surface area (Å²) in [6, 6.07) is 5.94. The van der Waals surface area contributed by atoms with Crippen LogP contribution in [0.2, 0.25) is 0 Å². The number of aryl methyl sites for hydroxylation is 1. The molecule has 2 atom stereocenters. The van der Waals surface area contributed by atoms with Gasteiger partial charge in [-0.3, -0.25) is 0 Å². The molecule has 0 aliphatic rings. The van der Waals surface area contributed by atoms with Gasteiger partial charge in [0, 0.05) is 13.0 Å². The number of hydrogen-bond donors (Lipinski definition) is 2. The summed E-state index contributed by atoms with van der Waals surface area (Å²) in [6.45, 7) is 4.63. The maximum absolute atomic E-state index is 6.21. The molecule has 1 aromatic carbocycles. The average Bonchev–Trinajstić information content (AvgIpc) is 2.67. The van der Waals surface area contributed by atoms with Crippen molar-refractivity contribution in [3.63, 3.8) is 0 Å². The number of benzene rings is 1. The third-order valence-corrected chi connectivity index (χ3v) is 3.14. The molecule has 4 heteroatoms. The van der Waals surface area contributed by atoms with E-state index in [-0.39, 0.29) is 6.04 Å². The predicted octanol–water partition coefficient (Wildman–Crippen LogP) is 2.12. The molecule has 0 spiro atoms. The largest absolute Gasteiger partial charge is 0.441 e. The van der Waals surface area contributed by atoms with Gasteiger partial charge in [0.15, 0.2) is 11.5 Å². The highest BCUT2D eigenvalue weighted by atomic mass is 16.3. The number of fused-ring (bicyclic) bond motifs is 1. The minimum absolute atomic E-state index is 0.0000406. The van der Waals surface area contributed by atoms with Crippen LogP contribution in [0, 0.1) is 12.8 Å². The second-order valence-corrected chi connectivity index (χ2v) is 4.54. The minimum Gasteiger partial charge on any atom is -0.441 e. The van der Waals surface area contributed by atoms with Gasteiger partial charge in [-0.2, -0.15) is 0 Å².